The summed E-state index contributed by atoms with van der Waals surface area (Å²) < 4.78 is 2.18. The SMILES string of the molecule is CC(C)c1nc2cc(C(=O)O)ccc2n1Cc1cccs1. The number of hydrogen-bond donors (Lipinski definition) is 1. The van der Waals surface area contributed by atoms with Crippen LogP contribution < -0.4 is 0 Å². The van der Waals surface area contributed by atoms with Crippen molar-refractivity contribution in [2.24, 2.45) is 0 Å². The lowest BCUT2D eigenvalue weighted by atomic mass is 10.2. The highest BCUT2D eigenvalue weighted by atomic mass is 32.1. The molecule has 5 heteroatoms. The van der Waals surface area contributed by atoms with Gasteiger partial charge in [-0.15, -0.1) is 11.3 Å². The van der Waals surface area contributed by atoms with E-state index in [1.807, 2.05) is 12.1 Å². The molecular weight excluding hydrogens is 284 g/mol. The highest BCUT2D eigenvalue weighted by Gasteiger charge is 2.15. The lowest BCUT2D eigenvalue weighted by Crippen LogP contribution is -2.05. The first-order chi connectivity index (χ1) is 10.1. The number of benzene rings is 1. The first-order valence-corrected chi connectivity index (χ1v) is 7.70. The summed E-state index contributed by atoms with van der Waals surface area (Å²) in [6, 6.07) is 9.28. The van der Waals surface area contributed by atoms with Crippen LogP contribution in [-0.4, -0.2) is 20.6 Å². The van der Waals surface area contributed by atoms with Gasteiger partial charge in [-0.1, -0.05) is 19.9 Å². The molecule has 0 spiro atoms. The van der Waals surface area contributed by atoms with Gasteiger partial charge in [-0.2, -0.15) is 0 Å². The van der Waals surface area contributed by atoms with Crippen LogP contribution in [0.1, 0.15) is 40.8 Å². The monoisotopic (exact) mass is 300 g/mol. The molecule has 0 aliphatic carbocycles. The number of imidazole rings is 1. The minimum atomic E-state index is -0.921. The summed E-state index contributed by atoms with van der Waals surface area (Å²) in [7, 11) is 0. The Balaban J connectivity index is 2.15. The lowest BCUT2D eigenvalue weighted by Gasteiger charge is -2.10. The molecule has 2 aromatic heterocycles. The highest BCUT2D eigenvalue weighted by Crippen LogP contribution is 2.25. The van der Waals surface area contributed by atoms with E-state index >= 15 is 0 Å². The smallest absolute Gasteiger partial charge is 0.335 e. The third kappa shape index (κ3) is 2.56. The Morgan fingerprint density at radius 1 is 1.38 bits per heavy atom. The molecule has 0 fully saturated rings. The predicted molar refractivity (Wildman–Crippen MR) is 84.2 cm³/mol. The molecule has 108 valence electrons. The molecule has 0 bridgehead atoms. The van der Waals surface area contributed by atoms with Crippen LogP contribution in [0.15, 0.2) is 35.7 Å². The van der Waals surface area contributed by atoms with Crippen LogP contribution in [0.3, 0.4) is 0 Å². The second-order valence-electron chi connectivity index (χ2n) is 5.30. The van der Waals surface area contributed by atoms with Gasteiger partial charge in [-0.25, -0.2) is 9.78 Å². The van der Waals surface area contributed by atoms with Crippen LogP contribution in [0, 0.1) is 0 Å². The topological polar surface area (TPSA) is 55.1 Å². The fraction of sp³-hybridized carbons (Fsp3) is 0.250. The number of nitrogens with zero attached hydrogens (tertiary/aromatic N) is 2. The second kappa shape index (κ2) is 5.33. The molecule has 0 amide bonds. The summed E-state index contributed by atoms with van der Waals surface area (Å²) in [5, 5.41) is 11.2. The van der Waals surface area contributed by atoms with E-state index in [4.69, 9.17) is 5.11 Å². The first-order valence-electron chi connectivity index (χ1n) is 6.82. The molecule has 1 aromatic carbocycles. The van der Waals surface area contributed by atoms with E-state index < -0.39 is 5.97 Å². The van der Waals surface area contributed by atoms with Gasteiger partial charge < -0.3 is 9.67 Å². The van der Waals surface area contributed by atoms with E-state index in [0.29, 0.717) is 0 Å². The van der Waals surface area contributed by atoms with E-state index in [9.17, 15) is 4.79 Å². The van der Waals surface area contributed by atoms with Crippen LogP contribution in [0.2, 0.25) is 0 Å². The predicted octanol–water partition coefficient (Wildman–Crippen LogP) is 3.97. The van der Waals surface area contributed by atoms with Gasteiger partial charge in [0.15, 0.2) is 0 Å². The maximum atomic E-state index is 11.1. The van der Waals surface area contributed by atoms with Crippen LogP contribution in [-0.2, 0) is 6.54 Å². The van der Waals surface area contributed by atoms with Crippen LogP contribution in [0.5, 0.6) is 0 Å². The summed E-state index contributed by atoms with van der Waals surface area (Å²) in [4.78, 5) is 17.0. The summed E-state index contributed by atoms with van der Waals surface area (Å²) in [5.41, 5.74) is 2.01. The molecule has 4 nitrogen and oxygen atoms in total. The van der Waals surface area contributed by atoms with Gasteiger partial charge in [-0.3, -0.25) is 0 Å². The van der Waals surface area contributed by atoms with Gasteiger partial charge in [-0.05, 0) is 29.6 Å². The molecule has 21 heavy (non-hydrogen) atoms. The van der Waals surface area contributed by atoms with E-state index in [1.165, 1.54) is 4.88 Å². The van der Waals surface area contributed by atoms with Crippen molar-refractivity contribution in [1.29, 1.82) is 0 Å². The van der Waals surface area contributed by atoms with Crippen molar-refractivity contribution in [2.45, 2.75) is 26.3 Å². The zero-order chi connectivity index (χ0) is 15.0. The summed E-state index contributed by atoms with van der Waals surface area (Å²) in [6.45, 7) is 4.97. The highest BCUT2D eigenvalue weighted by molar-refractivity contribution is 7.09. The number of carbonyl (C=O) groups is 1. The van der Waals surface area contributed by atoms with Crippen LogP contribution in [0.4, 0.5) is 0 Å². The van der Waals surface area contributed by atoms with Crippen LogP contribution >= 0.6 is 11.3 Å². The first kappa shape index (κ1) is 13.8. The zero-order valence-corrected chi connectivity index (χ0v) is 12.7. The summed E-state index contributed by atoms with van der Waals surface area (Å²) >= 11 is 1.72. The maximum Gasteiger partial charge on any atom is 0.335 e. The third-order valence-corrected chi connectivity index (χ3v) is 4.30. The standard InChI is InChI=1S/C16H16N2O2S/c1-10(2)15-17-13-8-11(16(19)20)5-6-14(13)18(15)9-12-4-3-7-21-12/h3-8,10H,9H2,1-2H3,(H,19,20). The number of rotatable bonds is 4. The van der Waals surface area contributed by atoms with E-state index in [2.05, 4.69) is 34.8 Å². The molecule has 0 saturated carbocycles. The molecule has 0 aliphatic heterocycles. The normalized spacial score (nSPS) is 11.4. The van der Waals surface area contributed by atoms with Gasteiger partial charge in [0.2, 0.25) is 0 Å². The average Bonchev–Trinajstić information content (AvgIpc) is 3.06. The lowest BCUT2D eigenvalue weighted by molar-refractivity contribution is 0.0697. The average molecular weight is 300 g/mol. The number of carboxylic acid groups (broad SMARTS) is 1. The third-order valence-electron chi connectivity index (χ3n) is 3.44. The number of aromatic nitrogens is 2. The Labute approximate surface area is 126 Å². The molecule has 3 aromatic rings. The van der Waals surface area contributed by atoms with Crippen molar-refractivity contribution in [2.75, 3.05) is 0 Å². The van der Waals surface area contributed by atoms with Crippen molar-refractivity contribution in [3.63, 3.8) is 0 Å². The molecule has 0 atom stereocenters. The molecule has 0 saturated heterocycles. The Morgan fingerprint density at radius 3 is 2.81 bits per heavy atom. The fourth-order valence-corrected chi connectivity index (χ4v) is 3.14. The Morgan fingerprint density at radius 2 is 2.19 bits per heavy atom. The summed E-state index contributed by atoms with van der Waals surface area (Å²) in [5.74, 6) is 0.349. The quantitative estimate of drug-likeness (QED) is 0.793. The van der Waals surface area contributed by atoms with Crippen LogP contribution in [0.25, 0.3) is 11.0 Å². The minimum absolute atomic E-state index is 0.276. The van der Waals surface area contributed by atoms with E-state index in [0.717, 1.165) is 23.4 Å². The van der Waals surface area contributed by atoms with Crippen molar-refractivity contribution < 1.29 is 9.90 Å². The minimum Gasteiger partial charge on any atom is -0.478 e. The van der Waals surface area contributed by atoms with Gasteiger partial charge in [0.1, 0.15) is 5.82 Å². The van der Waals surface area contributed by atoms with E-state index in [1.54, 1.807) is 23.5 Å². The fourth-order valence-electron chi connectivity index (χ4n) is 2.45. The van der Waals surface area contributed by atoms with Gasteiger partial charge >= 0.3 is 5.97 Å². The van der Waals surface area contributed by atoms with Gasteiger partial charge in [0, 0.05) is 10.8 Å². The second-order valence-corrected chi connectivity index (χ2v) is 6.33. The number of fused-ring (bicyclic) bond motifs is 1. The Hall–Kier alpha value is -2.14. The number of carboxylic acids is 1. The zero-order valence-electron chi connectivity index (χ0n) is 11.9. The molecule has 0 unspecified atom stereocenters. The molecule has 0 radical (unpaired) electrons. The van der Waals surface area contributed by atoms with Gasteiger partial charge in [0.05, 0.1) is 23.1 Å². The number of aromatic carboxylic acids is 1. The number of hydrogen-bond acceptors (Lipinski definition) is 3. The van der Waals surface area contributed by atoms with Crippen molar-refractivity contribution in [3.05, 3.63) is 52.0 Å². The summed E-state index contributed by atoms with van der Waals surface area (Å²) in [6.07, 6.45) is 0. The van der Waals surface area contributed by atoms with Crippen molar-refractivity contribution in [3.8, 4) is 0 Å². The molecule has 1 N–H and O–H groups in total. The molecule has 0 aliphatic rings. The van der Waals surface area contributed by atoms with Crippen molar-refractivity contribution in [1.82, 2.24) is 9.55 Å². The maximum absolute atomic E-state index is 11.1. The number of thiophene rings is 1. The van der Waals surface area contributed by atoms with E-state index in [-0.39, 0.29) is 11.5 Å². The molecular formula is C16H16N2O2S. The molecule has 3 rings (SSSR count). The Kier molecular flexibility index (Phi) is 3.51. The van der Waals surface area contributed by atoms with Crippen molar-refractivity contribution >= 4 is 28.3 Å². The Bertz CT molecular complexity index is 788. The van der Waals surface area contributed by atoms with Gasteiger partial charge in [0.25, 0.3) is 0 Å². The molecule has 2 heterocycles. The largest absolute Gasteiger partial charge is 0.478 e.